The Hall–Kier alpha value is -1.20. The number of aryl methyl sites for hydroxylation is 1. The molecule has 0 atom stereocenters. The van der Waals surface area contributed by atoms with Crippen LogP contribution in [0.25, 0.3) is 0 Å². The summed E-state index contributed by atoms with van der Waals surface area (Å²) < 4.78 is 5.62. The second kappa shape index (κ2) is 8.87. The topological polar surface area (TPSA) is 50.3 Å². The van der Waals surface area contributed by atoms with Crippen LogP contribution in [0.3, 0.4) is 0 Å². The third kappa shape index (κ3) is 5.84. The van der Waals surface area contributed by atoms with Crippen molar-refractivity contribution in [3.63, 3.8) is 0 Å². The molecule has 0 unspecified atom stereocenters. The van der Waals surface area contributed by atoms with E-state index in [0.29, 0.717) is 18.7 Å². The molecule has 1 aromatic heterocycles. The molecule has 0 aliphatic carbocycles. The van der Waals surface area contributed by atoms with E-state index < -0.39 is 0 Å². The van der Waals surface area contributed by atoms with Gasteiger partial charge < -0.3 is 15.0 Å². The maximum absolute atomic E-state index is 5.62. The average molecular weight is 280 g/mol. The molecule has 0 amide bonds. The number of rotatable bonds is 9. The van der Waals surface area contributed by atoms with Crippen molar-refractivity contribution in [3.8, 4) is 6.01 Å². The summed E-state index contributed by atoms with van der Waals surface area (Å²) >= 11 is 0. The summed E-state index contributed by atoms with van der Waals surface area (Å²) in [6.07, 6.45) is 1.85. The molecule has 1 aromatic rings. The van der Waals surface area contributed by atoms with E-state index in [1.807, 2.05) is 13.1 Å². The van der Waals surface area contributed by atoms with E-state index in [4.69, 9.17) is 4.74 Å². The second-order valence-corrected chi connectivity index (χ2v) is 5.17. The van der Waals surface area contributed by atoms with E-state index in [9.17, 15) is 0 Å². The Morgan fingerprint density at radius 3 is 2.55 bits per heavy atom. The van der Waals surface area contributed by atoms with Gasteiger partial charge in [0.15, 0.2) is 0 Å². The second-order valence-electron chi connectivity index (χ2n) is 5.17. The number of ether oxygens (including phenoxy) is 1. The monoisotopic (exact) mass is 280 g/mol. The fourth-order valence-electron chi connectivity index (χ4n) is 1.83. The molecule has 0 saturated heterocycles. The van der Waals surface area contributed by atoms with Crippen molar-refractivity contribution in [1.29, 1.82) is 0 Å². The number of aromatic nitrogens is 2. The molecule has 1 N–H and O–H groups in total. The minimum atomic E-state index is 0.458. The van der Waals surface area contributed by atoms with Crippen LogP contribution in [-0.4, -0.2) is 47.2 Å². The van der Waals surface area contributed by atoms with Gasteiger partial charge in [0.05, 0.1) is 0 Å². The van der Waals surface area contributed by atoms with E-state index in [0.717, 1.165) is 37.4 Å². The SMILES string of the molecule is CCN(CC)CCOc1ncc(CNC(C)C)c(C)n1. The standard InChI is InChI=1S/C15H28N4O/c1-6-19(7-2)8-9-20-15-17-11-14(13(5)18-15)10-16-12(3)4/h11-12,16H,6-10H2,1-5H3. The Balaban J connectivity index is 2.46. The number of hydrogen-bond acceptors (Lipinski definition) is 5. The maximum Gasteiger partial charge on any atom is 0.316 e. The van der Waals surface area contributed by atoms with Gasteiger partial charge in [-0.1, -0.05) is 27.7 Å². The summed E-state index contributed by atoms with van der Waals surface area (Å²) in [5.41, 5.74) is 2.10. The highest BCUT2D eigenvalue weighted by Crippen LogP contribution is 2.09. The van der Waals surface area contributed by atoms with Crippen molar-refractivity contribution in [2.45, 2.75) is 47.2 Å². The number of hydrogen-bond donors (Lipinski definition) is 1. The Bertz CT molecular complexity index is 391. The van der Waals surface area contributed by atoms with Crippen LogP contribution in [0.1, 0.15) is 39.0 Å². The molecule has 0 aliphatic heterocycles. The lowest BCUT2D eigenvalue weighted by molar-refractivity contribution is 0.212. The van der Waals surface area contributed by atoms with Crippen LogP contribution >= 0.6 is 0 Å². The van der Waals surface area contributed by atoms with Gasteiger partial charge in [0, 0.05) is 36.6 Å². The third-order valence-electron chi connectivity index (χ3n) is 3.29. The van der Waals surface area contributed by atoms with E-state index >= 15 is 0 Å². The molecule has 114 valence electrons. The molecule has 5 heteroatoms. The van der Waals surface area contributed by atoms with Crippen LogP contribution in [0.5, 0.6) is 6.01 Å². The first-order valence-electron chi connectivity index (χ1n) is 7.47. The van der Waals surface area contributed by atoms with Gasteiger partial charge >= 0.3 is 6.01 Å². The van der Waals surface area contributed by atoms with Crippen molar-refractivity contribution >= 4 is 0 Å². The van der Waals surface area contributed by atoms with Gasteiger partial charge in [0.2, 0.25) is 0 Å². The number of nitrogens with one attached hydrogen (secondary N) is 1. The van der Waals surface area contributed by atoms with Gasteiger partial charge in [-0.15, -0.1) is 0 Å². The van der Waals surface area contributed by atoms with Gasteiger partial charge in [-0.2, -0.15) is 0 Å². The van der Waals surface area contributed by atoms with Crippen LogP contribution in [0.4, 0.5) is 0 Å². The summed E-state index contributed by atoms with van der Waals surface area (Å²) in [6, 6.07) is 0.933. The highest BCUT2D eigenvalue weighted by Gasteiger charge is 2.06. The zero-order chi connectivity index (χ0) is 15.0. The van der Waals surface area contributed by atoms with Crippen molar-refractivity contribution in [2.24, 2.45) is 0 Å². The Morgan fingerprint density at radius 2 is 2.00 bits per heavy atom. The quantitative estimate of drug-likeness (QED) is 0.750. The molecule has 1 rings (SSSR count). The van der Waals surface area contributed by atoms with Gasteiger partial charge in [-0.3, -0.25) is 0 Å². The minimum Gasteiger partial charge on any atom is -0.462 e. The van der Waals surface area contributed by atoms with E-state index in [1.54, 1.807) is 0 Å². The van der Waals surface area contributed by atoms with Crippen LogP contribution in [0.15, 0.2) is 6.20 Å². The fraction of sp³-hybridized carbons (Fsp3) is 0.733. The van der Waals surface area contributed by atoms with Crippen molar-refractivity contribution < 1.29 is 4.74 Å². The van der Waals surface area contributed by atoms with Crippen molar-refractivity contribution in [2.75, 3.05) is 26.2 Å². The first-order valence-corrected chi connectivity index (χ1v) is 7.47. The lowest BCUT2D eigenvalue weighted by Crippen LogP contribution is -2.28. The summed E-state index contributed by atoms with van der Waals surface area (Å²) in [5, 5.41) is 3.37. The Morgan fingerprint density at radius 1 is 1.30 bits per heavy atom. The van der Waals surface area contributed by atoms with E-state index in [1.165, 1.54) is 0 Å². The molecular weight excluding hydrogens is 252 g/mol. The molecule has 0 aromatic carbocycles. The fourth-order valence-corrected chi connectivity index (χ4v) is 1.83. The highest BCUT2D eigenvalue weighted by molar-refractivity contribution is 5.17. The van der Waals surface area contributed by atoms with Crippen LogP contribution in [-0.2, 0) is 6.54 Å². The maximum atomic E-state index is 5.62. The van der Waals surface area contributed by atoms with Crippen LogP contribution in [0, 0.1) is 6.92 Å². The van der Waals surface area contributed by atoms with Crippen LogP contribution in [0.2, 0.25) is 0 Å². The zero-order valence-corrected chi connectivity index (χ0v) is 13.4. The molecule has 0 bridgehead atoms. The largest absolute Gasteiger partial charge is 0.462 e. The van der Waals surface area contributed by atoms with Crippen LogP contribution < -0.4 is 10.1 Å². The summed E-state index contributed by atoms with van der Waals surface area (Å²) in [7, 11) is 0. The smallest absolute Gasteiger partial charge is 0.316 e. The normalized spacial score (nSPS) is 11.3. The molecule has 5 nitrogen and oxygen atoms in total. The molecule has 20 heavy (non-hydrogen) atoms. The number of likely N-dealkylation sites (N-methyl/N-ethyl adjacent to an activating group) is 1. The molecule has 0 saturated carbocycles. The molecular formula is C15H28N4O. The summed E-state index contributed by atoms with van der Waals surface area (Å²) in [4.78, 5) is 11.0. The third-order valence-corrected chi connectivity index (χ3v) is 3.29. The van der Waals surface area contributed by atoms with Gasteiger partial charge in [0.25, 0.3) is 0 Å². The van der Waals surface area contributed by atoms with Crippen molar-refractivity contribution in [1.82, 2.24) is 20.2 Å². The predicted molar refractivity (Wildman–Crippen MR) is 82.0 cm³/mol. The first-order chi connectivity index (χ1) is 9.56. The Kier molecular flexibility index (Phi) is 7.47. The molecule has 0 aliphatic rings. The zero-order valence-electron chi connectivity index (χ0n) is 13.4. The molecule has 1 heterocycles. The number of nitrogens with zero attached hydrogens (tertiary/aromatic N) is 3. The lowest BCUT2D eigenvalue weighted by atomic mass is 10.2. The van der Waals surface area contributed by atoms with E-state index in [2.05, 4.69) is 47.9 Å². The summed E-state index contributed by atoms with van der Waals surface area (Å²) in [6.45, 7) is 15.0. The molecule has 0 spiro atoms. The first kappa shape index (κ1) is 16.9. The predicted octanol–water partition coefficient (Wildman–Crippen LogP) is 2.00. The van der Waals surface area contributed by atoms with Crippen molar-refractivity contribution in [3.05, 3.63) is 17.5 Å². The average Bonchev–Trinajstić information content (AvgIpc) is 2.42. The summed E-state index contributed by atoms with van der Waals surface area (Å²) in [5.74, 6) is 0. The Labute approximate surface area is 122 Å². The van der Waals surface area contributed by atoms with E-state index in [-0.39, 0.29) is 0 Å². The van der Waals surface area contributed by atoms with Gasteiger partial charge in [0.1, 0.15) is 6.61 Å². The lowest BCUT2D eigenvalue weighted by Gasteiger charge is -2.17. The van der Waals surface area contributed by atoms with Gasteiger partial charge in [-0.25, -0.2) is 9.97 Å². The highest BCUT2D eigenvalue weighted by atomic mass is 16.5. The molecule has 0 radical (unpaired) electrons. The molecule has 0 fully saturated rings. The minimum absolute atomic E-state index is 0.458. The van der Waals surface area contributed by atoms with Gasteiger partial charge in [-0.05, 0) is 20.0 Å².